The Balaban J connectivity index is 1.75. The Hall–Kier alpha value is -1.67. The van der Waals surface area contributed by atoms with Crippen molar-refractivity contribution >= 4 is 0 Å². The molecule has 0 bridgehead atoms. The maximum absolute atomic E-state index is 4.18. The first-order valence-electron chi connectivity index (χ1n) is 6.58. The zero-order valence-electron chi connectivity index (χ0n) is 10.6. The molecule has 2 unspecified atom stereocenters. The third-order valence-electron chi connectivity index (χ3n) is 3.77. The molecule has 1 aromatic heterocycles. The van der Waals surface area contributed by atoms with E-state index in [9.17, 15) is 0 Å². The molecule has 1 heterocycles. The average Bonchev–Trinajstić information content (AvgIpc) is 2.83. The van der Waals surface area contributed by atoms with E-state index in [1.807, 2.05) is 18.5 Å². The lowest BCUT2D eigenvalue weighted by atomic mass is 10.1. The van der Waals surface area contributed by atoms with Crippen LogP contribution in [-0.2, 0) is 6.42 Å². The van der Waals surface area contributed by atoms with Gasteiger partial charge >= 0.3 is 0 Å². The highest BCUT2D eigenvalue weighted by molar-refractivity contribution is 5.34. The standard InChI is InChI=1S/C16H18N2/c1-12(14-6-4-10-17-11-14)18-16-9-8-13-5-2-3-7-15(13)16/h2-7,10-12,16,18H,8-9H2,1H3. The van der Waals surface area contributed by atoms with Crippen LogP contribution in [0.3, 0.4) is 0 Å². The van der Waals surface area contributed by atoms with Crippen LogP contribution in [0.2, 0.25) is 0 Å². The van der Waals surface area contributed by atoms with Crippen LogP contribution >= 0.6 is 0 Å². The molecule has 2 heteroatoms. The van der Waals surface area contributed by atoms with Crippen molar-refractivity contribution in [1.29, 1.82) is 0 Å². The van der Waals surface area contributed by atoms with Gasteiger partial charge in [0, 0.05) is 24.5 Å². The Kier molecular flexibility index (Phi) is 3.11. The number of pyridine rings is 1. The van der Waals surface area contributed by atoms with E-state index in [4.69, 9.17) is 0 Å². The molecule has 0 radical (unpaired) electrons. The quantitative estimate of drug-likeness (QED) is 0.886. The molecular formula is C16H18N2. The molecule has 1 aliphatic carbocycles. The minimum atomic E-state index is 0.342. The molecule has 3 rings (SSSR count). The third-order valence-corrected chi connectivity index (χ3v) is 3.77. The number of hydrogen-bond donors (Lipinski definition) is 1. The number of nitrogens with zero attached hydrogens (tertiary/aromatic N) is 1. The first kappa shape index (κ1) is 11.4. The van der Waals surface area contributed by atoms with Crippen molar-refractivity contribution in [2.24, 2.45) is 0 Å². The van der Waals surface area contributed by atoms with E-state index in [2.05, 4.69) is 47.6 Å². The highest BCUT2D eigenvalue weighted by atomic mass is 15.0. The van der Waals surface area contributed by atoms with Gasteiger partial charge in [0.2, 0.25) is 0 Å². The summed E-state index contributed by atoms with van der Waals surface area (Å²) >= 11 is 0. The summed E-state index contributed by atoms with van der Waals surface area (Å²) in [6, 6.07) is 13.7. The summed E-state index contributed by atoms with van der Waals surface area (Å²) in [7, 11) is 0. The summed E-state index contributed by atoms with van der Waals surface area (Å²) in [5, 5.41) is 3.71. The van der Waals surface area contributed by atoms with Gasteiger partial charge in [0.15, 0.2) is 0 Å². The lowest BCUT2D eigenvalue weighted by Crippen LogP contribution is -2.23. The van der Waals surface area contributed by atoms with Crippen LogP contribution in [0, 0.1) is 0 Å². The predicted molar refractivity (Wildman–Crippen MR) is 73.3 cm³/mol. The number of hydrogen-bond acceptors (Lipinski definition) is 2. The Labute approximate surface area is 108 Å². The Morgan fingerprint density at radius 2 is 2.11 bits per heavy atom. The monoisotopic (exact) mass is 238 g/mol. The fraction of sp³-hybridized carbons (Fsp3) is 0.312. The van der Waals surface area contributed by atoms with Gasteiger partial charge in [-0.15, -0.1) is 0 Å². The number of nitrogens with one attached hydrogen (secondary N) is 1. The van der Waals surface area contributed by atoms with E-state index < -0.39 is 0 Å². The largest absolute Gasteiger partial charge is 0.303 e. The highest BCUT2D eigenvalue weighted by Crippen LogP contribution is 2.32. The molecule has 0 fully saturated rings. The molecule has 2 aromatic rings. The second-order valence-corrected chi connectivity index (χ2v) is 4.96. The van der Waals surface area contributed by atoms with E-state index in [1.54, 1.807) is 0 Å². The number of benzene rings is 1. The number of rotatable bonds is 3. The van der Waals surface area contributed by atoms with Crippen LogP contribution in [-0.4, -0.2) is 4.98 Å². The second kappa shape index (κ2) is 4.91. The van der Waals surface area contributed by atoms with E-state index >= 15 is 0 Å². The van der Waals surface area contributed by atoms with Crippen LogP contribution in [0.4, 0.5) is 0 Å². The van der Waals surface area contributed by atoms with Crippen molar-refractivity contribution < 1.29 is 0 Å². The zero-order chi connectivity index (χ0) is 12.4. The van der Waals surface area contributed by atoms with Crippen LogP contribution in [0.25, 0.3) is 0 Å². The van der Waals surface area contributed by atoms with Gasteiger partial charge in [-0.25, -0.2) is 0 Å². The summed E-state index contributed by atoms with van der Waals surface area (Å²) < 4.78 is 0. The predicted octanol–water partition coefficient (Wildman–Crippen LogP) is 3.42. The summed E-state index contributed by atoms with van der Waals surface area (Å²) in [5.41, 5.74) is 4.21. The fourth-order valence-corrected chi connectivity index (χ4v) is 2.76. The maximum atomic E-state index is 4.18. The second-order valence-electron chi connectivity index (χ2n) is 4.96. The molecule has 0 spiro atoms. The van der Waals surface area contributed by atoms with Gasteiger partial charge in [0.05, 0.1) is 0 Å². The Morgan fingerprint density at radius 3 is 2.94 bits per heavy atom. The number of aromatic nitrogens is 1. The average molecular weight is 238 g/mol. The van der Waals surface area contributed by atoms with E-state index in [-0.39, 0.29) is 0 Å². The van der Waals surface area contributed by atoms with E-state index in [1.165, 1.54) is 29.5 Å². The Bertz CT molecular complexity index is 522. The summed E-state index contributed by atoms with van der Waals surface area (Å²) in [4.78, 5) is 4.18. The van der Waals surface area contributed by atoms with E-state index in [0.717, 1.165) is 0 Å². The lowest BCUT2D eigenvalue weighted by molar-refractivity contribution is 0.464. The topological polar surface area (TPSA) is 24.9 Å². The van der Waals surface area contributed by atoms with Crippen molar-refractivity contribution in [3.63, 3.8) is 0 Å². The van der Waals surface area contributed by atoms with Crippen molar-refractivity contribution in [2.45, 2.75) is 31.8 Å². The SMILES string of the molecule is CC(NC1CCc2ccccc21)c1cccnc1. The molecule has 0 aliphatic heterocycles. The van der Waals surface area contributed by atoms with Gasteiger partial charge in [0.1, 0.15) is 0 Å². The smallest absolute Gasteiger partial charge is 0.0331 e. The van der Waals surface area contributed by atoms with Gasteiger partial charge in [-0.05, 0) is 42.5 Å². The van der Waals surface area contributed by atoms with Crippen LogP contribution in [0.1, 0.15) is 42.1 Å². The van der Waals surface area contributed by atoms with Crippen molar-refractivity contribution in [2.75, 3.05) is 0 Å². The molecule has 18 heavy (non-hydrogen) atoms. The van der Waals surface area contributed by atoms with Crippen molar-refractivity contribution in [3.05, 3.63) is 65.5 Å². The summed E-state index contributed by atoms with van der Waals surface area (Å²) in [6.07, 6.45) is 6.15. The molecular weight excluding hydrogens is 220 g/mol. The van der Waals surface area contributed by atoms with Gasteiger partial charge < -0.3 is 5.32 Å². The van der Waals surface area contributed by atoms with Crippen LogP contribution in [0.15, 0.2) is 48.8 Å². The number of aryl methyl sites for hydroxylation is 1. The third kappa shape index (κ3) is 2.16. The minimum Gasteiger partial charge on any atom is -0.303 e. The lowest BCUT2D eigenvalue weighted by Gasteiger charge is -2.20. The van der Waals surface area contributed by atoms with Crippen LogP contribution in [0.5, 0.6) is 0 Å². The van der Waals surface area contributed by atoms with Crippen molar-refractivity contribution in [3.8, 4) is 0 Å². The van der Waals surface area contributed by atoms with E-state index in [0.29, 0.717) is 12.1 Å². The van der Waals surface area contributed by atoms with Gasteiger partial charge in [0.25, 0.3) is 0 Å². The molecule has 2 nitrogen and oxygen atoms in total. The molecule has 0 amide bonds. The zero-order valence-corrected chi connectivity index (χ0v) is 10.6. The van der Waals surface area contributed by atoms with Crippen molar-refractivity contribution in [1.82, 2.24) is 10.3 Å². The first-order chi connectivity index (χ1) is 8.84. The highest BCUT2D eigenvalue weighted by Gasteiger charge is 2.23. The number of fused-ring (bicyclic) bond motifs is 1. The molecule has 1 aromatic carbocycles. The molecule has 92 valence electrons. The fourth-order valence-electron chi connectivity index (χ4n) is 2.76. The van der Waals surface area contributed by atoms with Gasteiger partial charge in [-0.3, -0.25) is 4.98 Å². The van der Waals surface area contributed by atoms with Crippen LogP contribution < -0.4 is 5.32 Å². The Morgan fingerprint density at radius 1 is 1.22 bits per heavy atom. The normalized spacial score (nSPS) is 19.5. The maximum Gasteiger partial charge on any atom is 0.0331 e. The first-order valence-corrected chi connectivity index (χ1v) is 6.58. The van der Waals surface area contributed by atoms with Gasteiger partial charge in [-0.2, -0.15) is 0 Å². The molecule has 2 atom stereocenters. The molecule has 0 saturated carbocycles. The molecule has 0 saturated heterocycles. The minimum absolute atomic E-state index is 0.342. The molecule has 1 N–H and O–H groups in total. The summed E-state index contributed by atoms with van der Waals surface area (Å²) in [5.74, 6) is 0. The molecule has 1 aliphatic rings. The van der Waals surface area contributed by atoms with Gasteiger partial charge in [-0.1, -0.05) is 30.3 Å². The summed E-state index contributed by atoms with van der Waals surface area (Å²) in [6.45, 7) is 2.21.